The number of aromatic nitrogens is 5. The molecule has 0 saturated heterocycles. The zero-order chi connectivity index (χ0) is 20.7. The average Bonchev–Trinajstić information content (AvgIpc) is 3.48. The topological polar surface area (TPSA) is 90.2 Å². The van der Waals surface area contributed by atoms with Crippen LogP contribution in [0.3, 0.4) is 0 Å². The zero-order valence-electron chi connectivity index (χ0n) is 17.4. The van der Waals surface area contributed by atoms with Crippen LogP contribution in [-0.4, -0.2) is 51.3 Å². The van der Waals surface area contributed by atoms with E-state index in [1.165, 1.54) is 12.8 Å². The van der Waals surface area contributed by atoms with E-state index in [0.717, 1.165) is 35.3 Å². The fourth-order valence-electron chi connectivity index (χ4n) is 3.73. The average molecular weight is 407 g/mol. The normalized spacial score (nSPS) is 18.0. The summed E-state index contributed by atoms with van der Waals surface area (Å²) in [5.41, 5.74) is 1.65. The van der Waals surface area contributed by atoms with Crippen LogP contribution in [0.5, 0.6) is 11.5 Å². The Bertz CT molecular complexity index is 1060. The van der Waals surface area contributed by atoms with Crippen LogP contribution in [0, 0.1) is 12.8 Å². The first kappa shape index (κ1) is 18.7. The van der Waals surface area contributed by atoms with Gasteiger partial charge in [-0.15, -0.1) is 0 Å². The first-order chi connectivity index (χ1) is 14.6. The molecule has 0 unspecified atom stereocenters. The summed E-state index contributed by atoms with van der Waals surface area (Å²) >= 11 is 0. The number of ether oxygens (including phenoxy) is 2. The van der Waals surface area contributed by atoms with Crippen molar-refractivity contribution in [3.8, 4) is 17.3 Å². The summed E-state index contributed by atoms with van der Waals surface area (Å²) in [7, 11) is 3.70. The number of nitrogens with zero attached hydrogens (tertiary/aromatic N) is 6. The first-order valence-corrected chi connectivity index (χ1v) is 10.2. The summed E-state index contributed by atoms with van der Waals surface area (Å²) in [6.07, 6.45) is 10.9. The highest BCUT2D eigenvalue weighted by Crippen LogP contribution is 2.39. The fourth-order valence-corrected chi connectivity index (χ4v) is 3.73. The van der Waals surface area contributed by atoms with E-state index in [1.807, 2.05) is 23.8 Å². The predicted octanol–water partition coefficient (Wildman–Crippen LogP) is 3.12. The van der Waals surface area contributed by atoms with E-state index in [4.69, 9.17) is 14.5 Å². The van der Waals surface area contributed by atoms with E-state index >= 15 is 0 Å². The lowest BCUT2D eigenvalue weighted by Crippen LogP contribution is -2.41. The maximum absolute atomic E-state index is 5.91. The number of aryl methyl sites for hydroxylation is 1. The Kier molecular flexibility index (Phi) is 4.65. The molecular weight excluding hydrogens is 382 g/mol. The molecular formula is C21H25N7O2. The maximum atomic E-state index is 5.91. The van der Waals surface area contributed by atoms with Crippen molar-refractivity contribution >= 4 is 17.5 Å². The summed E-state index contributed by atoms with van der Waals surface area (Å²) < 4.78 is 13.3. The molecule has 1 N–H and O–H groups in total. The third-order valence-corrected chi connectivity index (χ3v) is 5.62. The smallest absolute Gasteiger partial charge is 0.229 e. The van der Waals surface area contributed by atoms with Crippen molar-refractivity contribution < 1.29 is 9.47 Å². The minimum absolute atomic E-state index is 0.354. The largest absolute Gasteiger partial charge is 0.493 e. The molecule has 1 aliphatic heterocycles. The highest BCUT2D eigenvalue weighted by Gasteiger charge is 2.32. The van der Waals surface area contributed by atoms with Crippen molar-refractivity contribution in [3.63, 3.8) is 0 Å². The van der Waals surface area contributed by atoms with Gasteiger partial charge in [-0.3, -0.25) is 4.57 Å². The highest BCUT2D eigenvalue weighted by molar-refractivity contribution is 5.62. The zero-order valence-corrected chi connectivity index (χ0v) is 17.4. The van der Waals surface area contributed by atoms with Crippen LogP contribution >= 0.6 is 0 Å². The van der Waals surface area contributed by atoms with Gasteiger partial charge in [-0.2, -0.15) is 4.98 Å². The summed E-state index contributed by atoms with van der Waals surface area (Å²) in [6, 6.07) is 2.23. The molecule has 1 saturated carbocycles. The van der Waals surface area contributed by atoms with Gasteiger partial charge >= 0.3 is 0 Å². The van der Waals surface area contributed by atoms with Gasteiger partial charge in [0, 0.05) is 19.3 Å². The Morgan fingerprint density at radius 1 is 1.20 bits per heavy atom. The van der Waals surface area contributed by atoms with Crippen LogP contribution in [-0.2, 0) is 0 Å². The third-order valence-electron chi connectivity index (χ3n) is 5.62. The Labute approximate surface area is 175 Å². The second kappa shape index (κ2) is 7.47. The molecule has 1 atom stereocenters. The number of hydrogen-bond acceptors (Lipinski definition) is 8. The summed E-state index contributed by atoms with van der Waals surface area (Å²) in [6.45, 7) is 2.62. The van der Waals surface area contributed by atoms with Gasteiger partial charge in [-0.25, -0.2) is 15.0 Å². The molecule has 156 valence electrons. The number of likely N-dealkylation sites (N-methyl/N-ethyl adjacent to an activating group) is 1. The number of imidazole rings is 1. The van der Waals surface area contributed by atoms with Gasteiger partial charge in [0.15, 0.2) is 23.1 Å². The molecule has 1 fully saturated rings. The molecule has 3 aromatic heterocycles. The van der Waals surface area contributed by atoms with E-state index in [0.29, 0.717) is 30.2 Å². The molecule has 2 aliphatic rings. The molecule has 5 rings (SSSR count). The number of hydrogen-bond donors (Lipinski definition) is 1. The molecule has 0 radical (unpaired) electrons. The number of anilines is 3. The molecule has 0 spiro atoms. The van der Waals surface area contributed by atoms with Crippen molar-refractivity contribution in [1.29, 1.82) is 0 Å². The van der Waals surface area contributed by atoms with Crippen molar-refractivity contribution in [2.45, 2.75) is 32.2 Å². The maximum Gasteiger partial charge on any atom is 0.229 e. The SMILES string of the molecule is COc1cc(Nc2ncc3c(n2)N(C)[C@@H](CC2CC2)CO3)cnc1-n1cnc(C)c1. The number of rotatable bonds is 6. The molecule has 0 aromatic carbocycles. The number of nitrogens with one attached hydrogen (secondary N) is 1. The molecule has 0 amide bonds. The Balaban J connectivity index is 1.37. The quantitative estimate of drug-likeness (QED) is 0.667. The minimum Gasteiger partial charge on any atom is -0.493 e. The highest BCUT2D eigenvalue weighted by atomic mass is 16.5. The van der Waals surface area contributed by atoms with Gasteiger partial charge in [0.05, 0.1) is 36.9 Å². The van der Waals surface area contributed by atoms with Gasteiger partial charge in [0.1, 0.15) is 12.9 Å². The van der Waals surface area contributed by atoms with Crippen LogP contribution in [0.1, 0.15) is 25.0 Å². The molecule has 0 bridgehead atoms. The molecule has 30 heavy (non-hydrogen) atoms. The number of methoxy groups -OCH3 is 1. The van der Waals surface area contributed by atoms with Crippen molar-refractivity contribution in [1.82, 2.24) is 24.5 Å². The monoisotopic (exact) mass is 407 g/mol. The third kappa shape index (κ3) is 3.62. The summed E-state index contributed by atoms with van der Waals surface area (Å²) in [5, 5.41) is 3.23. The summed E-state index contributed by atoms with van der Waals surface area (Å²) in [4.78, 5) is 20.1. The van der Waals surface area contributed by atoms with Crippen LogP contribution in [0.4, 0.5) is 17.5 Å². The van der Waals surface area contributed by atoms with Crippen molar-refractivity contribution in [2.75, 3.05) is 31.0 Å². The minimum atomic E-state index is 0.354. The van der Waals surface area contributed by atoms with Gasteiger partial charge in [-0.05, 0) is 19.3 Å². The van der Waals surface area contributed by atoms with Crippen LogP contribution in [0.15, 0.2) is 31.0 Å². The van der Waals surface area contributed by atoms with Gasteiger partial charge in [0.25, 0.3) is 0 Å². The predicted molar refractivity (Wildman–Crippen MR) is 113 cm³/mol. The van der Waals surface area contributed by atoms with Crippen LogP contribution in [0.2, 0.25) is 0 Å². The van der Waals surface area contributed by atoms with E-state index in [-0.39, 0.29) is 0 Å². The summed E-state index contributed by atoms with van der Waals surface area (Å²) in [5.74, 6) is 4.16. The standard InChI is InChI=1S/C21H25N7O2/c1-13-10-28(12-24-13)19-17(29-3)7-15(8-22-19)25-21-23-9-18-20(26-21)27(2)16(11-30-18)6-14-4-5-14/h7-10,12,14,16H,4-6,11H2,1-3H3,(H,23,25,26)/t16-/m0/s1. The molecule has 4 heterocycles. The Morgan fingerprint density at radius 3 is 2.80 bits per heavy atom. The Morgan fingerprint density at radius 2 is 2.07 bits per heavy atom. The van der Waals surface area contributed by atoms with Crippen LogP contribution < -0.4 is 19.7 Å². The lowest BCUT2D eigenvalue weighted by molar-refractivity contribution is 0.252. The van der Waals surface area contributed by atoms with E-state index in [2.05, 4.69) is 32.2 Å². The van der Waals surface area contributed by atoms with E-state index < -0.39 is 0 Å². The first-order valence-electron chi connectivity index (χ1n) is 10.2. The molecule has 9 heteroatoms. The van der Waals surface area contributed by atoms with Crippen molar-refractivity contribution in [2.24, 2.45) is 5.92 Å². The second-order valence-electron chi connectivity index (χ2n) is 7.93. The van der Waals surface area contributed by atoms with Crippen LogP contribution in [0.25, 0.3) is 5.82 Å². The molecule has 9 nitrogen and oxygen atoms in total. The fraction of sp³-hybridized carbons (Fsp3) is 0.429. The van der Waals surface area contributed by atoms with Gasteiger partial charge < -0.3 is 19.7 Å². The van der Waals surface area contributed by atoms with Crippen molar-refractivity contribution in [3.05, 3.63) is 36.7 Å². The van der Waals surface area contributed by atoms with Gasteiger partial charge in [-0.1, -0.05) is 12.8 Å². The molecule has 3 aromatic rings. The lowest BCUT2D eigenvalue weighted by atomic mass is 10.1. The van der Waals surface area contributed by atoms with E-state index in [9.17, 15) is 0 Å². The van der Waals surface area contributed by atoms with E-state index in [1.54, 1.807) is 25.8 Å². The Hall–Kier alpha value is -3.36. The molecule has 1 aliphatic carbocycles. The number of fused-ring (bicyclic) bond motifs is 1. The number of pyridine rings is 1. The second-order valence-corrected chi connectivity index (χ2v) is 7.93. The lowest BCUT2D eigenvalue weighted by Gasteiger charge is -2.34. The van der Waals surface area contributed by atoms with Gasteiger partial charge in [0.2, 0.25) is 5.95 Å².